The SMILES string of the molecule is O=C(CO)N1CCN(C(=O)c2c[nH]cc2-c2ccc(F)cc2)CC1. The van der Waals surface area contributed by atoms with Gasteiger partial charge in [0.1, 0.15) is 12.4 Å². The second kappa shape index (κ2) is 6.84. The topological polar surface area (TPSA) is 76.6 Å². The van der Waals surface area contributed by atoms with Crippen molar-refractivity contribution in [3.05, 3.63) is 48.0 Å². The maximum atomic E-state index is 13.1. The van der Waals surface area contributed by atoms with E-state index in [9.17, 15) is 14.0 Å². The Hall–Kier alpha value is -2.67. The lowest BCUT2D eigenvalue weighted by atomic mass is 10.0. The number of carbonyl (C=O) groups is 2. The van der Waals surface area contributed by atoms with Crippen molar-refractivity contribution in [1.29, 1.82) is 0 Å². The number of aromatic amines is 1. The maximum Gasteiger partial charge on any atom is 0.256 e. The highest BCUT2D eigenvalue weighted by Gasteiger charge is 2.26. The van der Waals surface area contributed by atoms with Gasteiger partial charge in [0.25, 0.3) is 5.91 Å². The number of benzene rings is 1. The van der Waals surface area contributed by atoms with Crippen LogP contribution < -0.4 is 0 Å². The Morgan fingerprint density at radius 2 is 1.67 bits per heavy atom. The standard InChI is InChI=1S/C17H18FN3O3/c18-13-3-1-12(2-4-13)14-9-19-10-15(14)17(24)21-7-5-20(6-8-21)16(23)11-22/h1-4,9-10,19,22H,5-8,11H2. The molecule has 1 aromatic heterocycles. The van der Waals surface area contributed by atoms with Gasteiger partial charge in [0.05, 0.1) is 5.56 Å². The average molecular weight is 331 g/mol. The highest BCUT2D eigenvalue weighted by atomic mass is 19.1. The molecule has 0 atom stereocenters. The summed E-state index contributed by atoms with van der Waals surface area (Å²) in [5.74, 6) is -0.783. The van der Waals surface area contributed by atoms with Crippen LogP contribution in [0.2, 0.25) is 0 Å². The van der Waals surface area contributed by atoms with E-state index in [2.05, 4.69) is 4.98 Å². The van der Waals surface area contributed by atoms with Crippen LogP contribution in [0.25, 0.3) is 11.1 Å². The Morgan fingerprint density at radius 1 is 1.04 bits per heavy atom. The van der Waals surface area contributed by atoms with Crippen LogP contribution in [0.4, 0.5) is 4.39 Å². The highest BCUT2D eigenvalue weighted by molar-refractivity contribution is 6.00. The molecule has 126 valence electrons. The molecule has 24 heavy (non-hydrogen) atoms. The van der Waals surface area contributed by atoms with Crippen LogP contribution in [0.5, 0.6) is 0 Å². The van der Waals surface area contributed by atoms with Gasteiger partial charge in [0.2, 0.25) is 5.91 Å². The average Bonchev–Trinajstić information content (AvgIpc) is 3.11. The molecule has 3 rings (SSSR count). The summed E-state index contributed by atoms with van der Waals surface area (Å²) in [6.45, 7) is 1.13. The lowest BCUT2D eigenvalue weighted by Gasteiger charge is -2.34. The van der Waals surface area contributed by atoms with Crippen molar-refractivity contribution in [2.24, 2.45) is 0 Å². The zero-order valence-electron chi connectivity index (χ0n) is 13.0. The number of hydrogen-bond donors (Lipinski definition) is 2. The molecule has 0 aliphatic carbocycles. The molecule has 2 amide bonds. The molecular weight excluding hydrogens is 313 g/mol. The van der Waals surface area contributed by atoms with E-state index in [1.807, 2.05) is 0 Å². The van der Waals surface area contributed by atoms with Crippen molar-refractivity contribution >= 4 is 11.8 Å². The summed E-state index contributed by atoms with van der Waals surface area (Å²) in [5, 5.41) is 8.89. The van der Waals surface area contributed by atoms with Crippen LogP contribution in [-0.2, 0) is 4.79 Å². The molecule has 1 saturated heterocycles. The highest BCUT2D eigenvalue weighted by Crippen LogP contribution is 2.25. The smallest absolute Gasteiger partial charge is 0.256 e. The summed E-state index contributed by atoms with van der Waals surface area (Å²) in [6, 6.07) is 5.98. The summed E-state index contributed by atoms with van der Waals surface area (Å²) in [4.78, 5) is 30.4. The zero-order valence-corrected chi connectivity index (χ0v) is 13.0. The number of rotatable bonds is 3. The molecule has 1 aliphatic heterocycles. The third-order valence-electron chi connectivity index (χ3n) is 4.19. The first-order valence-corrected chi connectivity index (χ1v) is 7.71. The minimum atomic E-state index is -0.513. The zero-order chi connectivity index (χ0) is 17.1. The van der Waals surface area contributed by atoms with E-state index in [1.165, 1.54) is 12.1 Å². The third kappa shape index (κ3) is 3.16. The molecule has 0 unspecified atom stereocenters. The first-order valence-electron chi connectivity index (χ1n) is 7.71. The van der Waals surface area contributed by atoms with Crippen LogP contribution in [0.15, 0.2) is 36.7 Å². The van der Waals surface area contributed by atoms with Crippen LogP contribution in [0, 0.1) is 5.82 Å². The second-order valence-electron chi connectivity index (χ2n) is 5.62. The first kappa shape index (κ1) is 16.2. The minimum Gasteiger partial charge on any atom is -0.387 e. The molecule has 2 aromatic rings. The maximum absolute atomic E-state index is 13.1. The first-order chi connectivity index (χ1) is 11.6. The number of H-pyrrole nitrogens is 1. The second-order valence-corrected chi connectivity index (χ2v) is 5.62. The van der Waals surface area contributed by atoms with Gasteiger partial charge in [-0.25, -0.2) is 4.39 Å². The van der Waals surface area contributed by atoms with Crippen LogP contribution >= 0.6 is 0 Å². The van der Waals surface area contributed by atoms with Gasteiger partial charge in [0, 0.05) is 44.1 Å². The molecule has 0 saturated carbocycles. The molecule has 7 heteroatoms. The van der Waals surface area contributed by atoms with Gasteiger partial charge in [-0.05, 0) is 17.7 Å². The van der Waals surface area contributed by atoms with Crippen molar-refractivity contribution in [3.63, 3.8) is 0 Å². The Morgan fingerprint density at radius 3 is 2.29 bits per heavy atom. The molecule has 1 aromatic carbocycles. The quantitative estimate of drug-likeness (QED) is 0.884. The Labute approximate surface area is 138 Å². The van der Waals surface area contributed by atoms with Crippen LogP contribution in [0.3, 0.4) is 0 Å². The molecule has 1 fully saturated rings. The van der Waals surface area contributed by atoms with Gasteiger partial charge in [-0.3, -0.25) is 9.59 Å². The molecule has 2 heterocycles. The lowest BCUT2D eigenvalue weighted by Crippen LogP contribution is -2.51. The van der Waals surface area contributed by atoms with Gasteiger partial charge < -0.3 is 19.9 Å². The van der Waals surface area contributed by atoms with E-state index in [-0.39, 0.29) is 17.6 Å². The largest absolute Gasteiger partial charge is 0.387 e. The fourth-order valence-corrected chi connectivity index (χ4v) is 2.84. The van der Waals surface area contributed by atoms with Gasteiger partial charge in [0.15, 0.2) is 0 Å². The number of aliphatic hydroxyl groups excluding tert-OH is 1. The van der Waals surface area contributed by atoms with E-state index in [1.54, 1.807) is 34.3 Å². The van der Waals surface area contributed by atoms with E-state index in [0.29, 0.717) is 37.3 Å². The number of nitrogens with zero attached hydrogens (tertiary/aromatic N) is 2. The fraction of sp³-hybridized carbons (Fsp3) is 0.294. The molecular formula is C17H18FN3O3. The third-order valence-corrected chi connectivity index (χ3v) is 4.19. The summed E-state index contributed by atoms with van der Waals surface area (Å²) in [6.07, 6.45) is 3.35. The van der Waals surface area contributed by atoms with E-state index in [4.69, 9.17) is 5.11 Å². The predicted octanol–water partition coefficient (Wildman–Crippen LogP) is 1.10. The minimum absolute atomic E-state index is 0.133. The van der Waals surface area contributed by atoms with E-state index < -0.39 is 6.61 Å². The van der Waals surface area contributed by atoms with Crippen LogP contribution in [-0.4, -0.2) is 64.5 Å². The molecule has 1 aliphatic rings. The van der Waals surface area contributed by atoms with Crippen molar-refractivity contribution in [2.75, 3.05) is 32.8 Å². The number of halogens is 1. The number of nitrogens with one attached hydrogen (secondary N) is 1. The Bertz CT molecular complexity index is 734. The normalized spacial score (nSPS) is 14.8. The predicted molar refractivity (Wildman–Crippen MR) is 85.8 cm³/mol. The molecule has 0 radical (unpaired) electrons. The molecule has 0 bridgehead atoms. The summed E-state index contributed by atoms with van der Waals surface area (Å²) in [5.41, 5.74) is 1.99. The number of carbonyl (C=O) groups excluding carboxylic acids is 2. The molecule has 6 nitrogen and oxygen atoms in total. The molecule has 2 N–H and O–H groups in total. The van der Waals surface area contributed by atoms with Gasteiger partial charge >= 0.3 is 0 Å². The summed E-state index contributed by atoms with van der Waals surface area (Å²) >= 11 is 0. The van der Waals surface area contributed by atoms with Gasteiger partial charge in [-0.15, -0.1) is 0 Å². The number of amides is 2. The van der Waals surface area contributed by atoms with Crippen molar-refractivity contribution in [2.45, 2.75) is 0 Å². The summed E-state index contributed by atoms with van der Waals surface area (Å²) in [7, 11) is 0. The number of aromatic nitrogens is 1. The van der Waals surface area contributed by atoms with Gasteiger partial charge in [-0.2, -0.15) is 0 Å². The van der Waals surface area contributed by atoms with E-state index >= 15 is 0 Å². The van der Waals surface area contributed by atoms with Crippen molar-refractivity contribution < 1.29 is 19.1 Å². The summed E-state index contributed by atoms with van der Waals surface area (Å²) < 4.78 is 13.1. The Kier molecular flexibility index (Phi) is 4.61. The number of piperazine rings is 1. The Balaban J connectivity index is 1.74. The number of hydrogen-bond acceptors (Lipinski definition) is 3. The van der Waals surface area contributed by atoms with Crippen molar-refractivity contribution in [1.82, 2.24) is 14.8 Å². The van der Waals surface area contributed by atoms with Crippen LogP contribution in [0.1, 0.15) is 10.4 Å². The monoisotopic (exact) mass is 331 g/mol. The lowest BCUT2D eigenvalue weighted by molar-refractivity contribution is -0.135. The van der Waals surface area contributed by atoms with Gasteiger partial charge in [-0.1, -0.05) is 12.1 Å². The molecule has 0 spiro atoms. The number of aliphatic hydroxyl groups is 1. The van der Waals surface area contributed by atoms with Crippen molar-refractivity contribution in [3.8, 4) is 11.1 Å². The van der Waals surface area contributed by atoms with E-state index in [0.717, 1.165) is 5.56 Å². The fourth-order valence-electron chi connectivity index (χ4n) is 2.84.